The lowest BCUT2D eigenvalue weighted by molar-refractivity contribution is -0.114. The normalized spacial score (nSPS) is 10.3. The molecule has 3 N–H and O–H groups in total. The number of hydrogen-bond donors (Lipinski definition) is 3. The van der Waals surface area contributed by atoms with Crippen molar-refractivity contribution in [2.75, 3.05) is 23.7 Å². The lowest BCUT2D eigenvalue weighted by atomic mass is 10.1. The van der Waals surface area contributed by atoms with Crippen molar-refractivity contribution in [1.29, 1.82) is 0 Å². The summed E-state index contributed by atoms with van der Waals surface area (Å²) in [6.07, 6.45) is 0.903. The van der Waals surface area contributed by atoms with E-state index < -0.39 is 0 Å². The lowest BCUT2D eigenvalue weighted by Crippen LogP contribution is -2.24. The molecule has 26 heavy (non-hydrogen) atoms. The van der Waals surface area contributed by atoms with Crippen molar-refractivity contribution in [2.45, 2.75) is 34.1 Å². The van der Waals surface area contributed by atoms with Gasteiger partial charge in [-0.3, -0.25) is 9.59 Å². The maximum Gasteiger partial charge on any atom is 0.251 e. The predicted molar refractivity (Wildman–Crippen MR) is 107 cm³/mol. The molecule has 0 saturated heterocycles. The summed E-state index contributed by atoms with van der Waals surface area (Å²) >= 11 is 0. The molecule has 0 aliphatic carbocycles. The summed E-state index contributed by atoms with van der Waals surface area (Å²) in [5.74, 6) is -0.189. The van der Waals surface area contributed by atoms with E-state index in [0.29, 0.717) is 12.1 Å². The average Bonchev–Trinajstić information content (AvgIpc) is 2.61. The molecule has 2 rings (SSSR count). The molecular formula is C21H27N3O2. The minimum Gasteiger partial charge on any atom is -0.376 e. The number of nitrogens with one attached hydrogen (secondary N) is 3. The first kappa shape index (κ1) is 19.5. The van der Waals surface area contributed by atoms with Crippen LogP contribution < -0.4 is 16.0 Å². The highest BCUT2D eigenvalue weighted by Crippen LogP contribution is 2.21. The molecule has 0 fully saturated rings. The Hall–Kier alpha value is -2.82. The second kappa shape index (κ2) is 9.04. The molecule has 0 aliphatic heterocycles. The first-order valence-corrected chi connectivity index (χ1v) is 8.90. The zero-order valence-corrected chi connectivity index (χ0v) is 15.9. The van der Waals surface area contributed by atoms with Crippen molar-refractivity contribution in [3.8, 4) is 0 Å². The van der Waals surface area contributed by atoms with Crippen LogP contribution in [0.5, 0.6) is 0 Å². The van der Waals surface area contributed by atoms with E-state index in [9.17, 15) is 9.59 Å². The first-order chi connectivity index (χ1) is 12.4. The van der Waals surface area contributed by atoms with Crippen molar-refractivity contribution in [2.24, 2.45) is 0 Å². The summed E-state index contributed by atoms with van der Waals surface area (Å²) in [5.41, 5.74) is 5.56. The number of carbonyl (C=O) groups excluding carboxylic acids is 2. The molecule has 5 heteroatoms. The van der Waals surface area contributed by atoms with E-state index in [0.717, 1.165) is 28.9 Å². The van der Waals surface area contributed by atoms with Gasteiger partial charge in [0, 0.05) is 23.5 Å². The highest BCUT2D eigenvalue weighted by Gasteiger charge is 2.09. The van der Waals surface area contributed by atoms with Crippen LogP contribution in [0.15, 0.2) is 36.4 Å². The summed E-state index contributed by atoms with van der Waals surface area (Å²) in [7, 11) is 0. The van der Waals surface area contributed by atoms with Gasteiger partial charge in [-0.15, -0.1) is 0 Å². The van der Waals surface area contributed by atoms with Gasteiger partial charge in [-0.05, 0) is 62.6 Å². The summed E-state index contributed by atoms with van der Waals surface area (Å²) < 4.78 is 0. The van der Waals surface area contributed by atoms with E-state index in [-0.39, 0.29) is 18.4 Å². The van der Waals surface area contributed by atoms with Crippen LogP contribution >= 0.6 is 0 Å². The molecule has 2 aromatic rings. The quantitative estimate of drug-likeness (QED) is 0.709. The molecule has 0 bridgehead atoms. The predicted octanol–water partition coefficient (Wildman–Crippen LogP) is 3.80. The molecule has 0 saturated carbocycles. The highest BCUT2D eigenvalue weighted by atomic mass is 16.2. The molecule has 0 radical (unpaired) electrons. The summed E-state index contributed by atoms with van der Waals surface area (Å²) in [5, 5.41) is 8.88. The molecule has 0 aliphatic rings. The Kier molecular flexibility index (Phi) is 6.78. The summed E-state index contributed by atoms with van der Waals surface area (Å²) in [6.45, 7) is 8.86. The highest BCUT2D eigenvalue weighted by molar-refractivity contribution is 5.96. The van der Waals surface area contributed by atoms with Gasteiger partial charge in [-0.1, -0.05) is 24.6 Å². The number of aryl methyl sites for hydroxylation is 3. The molecule has 5 nitrogen and oxygen atoms in total. The number of hydrogen-bond acceptors (Lipinski definition) is 3. The standard InChI is InChI=1S/C21H27N3O2/c1-5-10-22-21(26)17-6-8-18(9-7-17)23-13-19(25)24-20-15(3)11-14(2)12-16(20)4/h6-9,11-12,23H,5,10,13H2,1-4H3,(H,22,26)(H,24,25). The molecule has 0 atom stereocenters. The fraction of sp³-hybridized carbons (Fsp3) is 0.333. The third-order valence-corrected chi connectivity index (χ3v) is 4.08. The van der Waals surface area contributed by atoms with Crippen molar-refractivity contribution >= 4 is 23.2 Å². The molecule has 2 amide bonds. The number of carbonyl (C=O) groups is 2. The minimum absolute atomic E-state index is 0.0820. The fourth-order valence-corrected chi connectivity index (χ4v) is 2.82. The molecule has 0 aromatic heterocycles. The van der Waals surface area contributed by atoms with Crippen LogP contribution in [0.25, 0.3) is 0 Å². The second-order valence-electron chi connectivity index (χ2n) is 6.51. The largest absolute Gasteiger partial charge is 0.376 e. The Labute approximate surface area is 155 Å². The Bertz CT molecular complexity index is 759. The third kappa shape index (κ3) is 5.34. The van der Waals surface area contributed by atoms with Gasteiger partial charge < -0.3 is 16.0 Å². The lowest BCUT2D eigenvalue weighted by Gasteiger charge is -2.13. The molecule has 0 spiro atoms. The van der Waals surface area contributed by atoms with Crippen LogP contribution in [-0.4, -0.2) is 24.9 Å². The zero-order valence-electron chi connectivity index (χ0n) is 15.9. The second-order valence-corrected chi connectivity index (χ2v) is 6.51. The van der Waals surface area contributed by atoms with Crippen LogP contribution in [0.2, 0.25) is 0 Å². The van der Waals surface area contributed by atoms with Crippen LogP contribution in [-0.2, 0) is 4.79 Å². The van der Waals surface area contributed by atoms with E-state index in [1.165, 1.54) is 5.56 Å². The number of benzene rings is 2. The van der Waals surface area contributed by atoms with Crippen LogP contribution in [0, 0.1) is 20.8 Å². The third-order valence-electron chi connectivity index (χ3n) is 4.08. The van der Waals surface area contributed by atoms with Crippen molar-refractivity contribution in [3.63, 3.8) is 0 Å². The average molecular weight is 353 g/mol. The van der Waals surface area contributed by atoms with Crippen molar-refractivity contribution in [1.82, 2.24) is 5.32 Å². The summed E-state index contributed by atoms with van der Waals surface area (Å²) in [4.78, 5) is 24.1. The van der Waals surface area contributed by atoms with Crippen molar-refractivity contribution < 1.29 is 9.59 Å². The molecule has 138 valence electrons. The van der Waals surface area contributed by atoms with Gasteiger partial charge in [-0.2, -0.15) is 0 Å². The maximum atomic E-state index is 12.2. The van der Waals surface area contributed by atoms with Gasteiger partial charge in [0.15, 0.2) is 0 Å². The van der Waals surface area contributed by atoms with E-state index in [1.54, 1.807) is 24.3 Å². The minimum atomic E-state index is -0.107. The van der Waals surface area contributed by atoms with Gasteiger partial charge in [0.05, 0.1) is 6.54 Å². The van der Waals surface area contributed by atoms with Crippen LogP contribution in [0.1, 0.15) is 40.4 Å². The number of rotatable bonds is 7. The topological polar surface area (TPSA) is 70.2 Å². The smallest absolute Gasteiger partial charge is 0.251 e. The Balaban J connectivity index is 1.90. The Morgan fingerprint density at radius 3 is 2.15 bits per heavy atom. The monoisotopic (exact) mass is 353 g/mol. The van der Waals surface area contributed by atoms with E-state index in [2.05, 4.69) is 28.1 Å². The summed E-state index contributed by atoms with van der Waals surface area (Å²) in [6, 6.07) is 11.2. The zero-order chi connectivity index (χ0) is 19.1. The fourth-order valence-electron chi connectivity index (χ4n) is 2.82. The van der Waals surface area contributed by atoms with Crippen LogP contribution in [0.4, 0.5) is 11.4 Å². The van der Waals surface area contributed by atoms with Gasteiger partial charge in [0.1, 0.15) is 0 Å². The maximum absolute atomic E-state index is 12.2. The number of anilines is 2. The van der Waals surface area contributed by atoms with E-state index in [4.69, 9.17) is 0 Å². The van der Waals surface area contributed by atoms with Gasteiger partial charge in [0.2, 0.25) is 5.91 Å². The molecule has 0 heterocycles. The van der Waals surface area contributed by atoms with Gasteiger partial charge in [0.25, 0.3) is 5.91 Å². The molecule has 2 aromatic carbocycles. The van der Waals surface area contributed by atoms with Gasteiger partial charge in [-0.25, -0.2) is 0 Å². The Morgan fingerprint density at radius 1 is 0.962 bits per heavy atom. The SMILES string of the molecule is CCCNC(=O)c1ccc(NCC(=O)Nc2c(C)cc(C)cc2C)cc1. The van der Waals surface area contributed by atoms with E-state index in [1.807, 2.05) is 27.7 Å². The first-order valence-electron chi connectivity index (χ1n) is 8.90. The Morgan fingerprint density at radius 2 is 1.58 bits per heavy atom. The van der Waals surface area contributed by atoms with Crippen LogP contribution in [0.3, 0.4) is 0 Å². The van der Waals surface area contributed by atoms with Gasteiger partial charge >= 0.3 is 0 Å². The molecular weight excluding hydrogens is 326 g/mol. The number of amides is 2. The van der Waals surface area contributed by atoms with E-state index >= 15 is 0 Å². The molecule has 0 unspecified atom stereocenters. The van der Waals surface area contributed by atoms with Crippen molar-refractivity contribution in [3.05, 3.63) is 58.7 Å².